The quantitative estimate of drug-likeness (QED) is 0.367. The Balaban J connectivity index is 1.66. The Kier molecular flexibility index (Phi) is 7.04. The first-order chi connectivity index (χ1) is 15.1. The Morgan fingerprint density at radius 1 is 1.32 bits per heavy atom. The maximum atomic E-state index is 13.4. The molecule has 1 amide bonds. The molecule has 6 nitrogen and oxygen atoms in total. The number of thioether (sulfide) groups is 1. The summed E-state index contributed by atoms with van der Waals surface area (Å²) in [4.78, 5) is 27.4. The number of carbonyl (C=O) groups excluding carboxylic acids is 2. The number of hydrogen-bond donors (Lipinski definition) is 1. The van der Waals surface area contributed by atoms with Crippen LogP contribution in [-0.4, -0.2) is 28.7 Å². The number of esters is 1. The molecule has 9 heteroatoms. The van der Waals surface area contributed by atoms with Gasteiger partial charge in [-0.1, -0.05) is 60.4 Å². The number of benzene rings is 1. The summed E-state index contributed by atoms with van der Waals surface area (Å²) in [5.74, 6) is 0.0104. The standard InChI is InChI=1S/C22H23N3O3S3/c1-3-28-21(27)17-15-10-9-13(2)11-16(15)30-20(17)24-19(26)18(14-7-5-4-6-8-14)31-22-25-23-12-29-22/h4-8,12-13,18H,3,9-11H2,1-2H3,(H,24,26)/t13-,18-/m0/s1. The predicted octanol–water partition coefficient (Wildman–Crippen LogP) is 5.37. The average Bonchev–Trinajstić information content (AvgIpc) is 3.39. The van der Waals surface area contributed by atoms with Gasteiger partial charge in [0.1, 0.15) is 15.8 Å². The number of rotatable bonds is 7. The number of hydrogen-bond acceptors (Lipinski definition) is 8. The number of nitrogens with zero attached hydrogens (tertiary/aromatic N) is 2. The van der Waals surface area contributed by atoms with E-state index in [4.69, 9.17) is 4.74 Å². The van der Waals surface area contributed by atoms with E-state index in [9.17, 15) is 9.59 Å². The summed E-state index contributed by atoms with van der Waals surface area (Å²) in [5.41, 5.74) is 4.07. The molecule has 0 saturated carbocycles. The molecule has 0 fully saturated rings. The van der Waals surface area contributed by atoms with Gasteiger partial charge in [0.05, 0.1) is 12.2 Å². The number of thiophene rings is 1. The zero-order chi connectivity index (χ0) is 21.8. The first kappa shape index (κ1) is 22.0. The van der Waals surface area contributed by atoms with Crippen molar-refractivity contribution >= 4 is 51.3 Å². The van der Waals surface area contributed by atoms with Crippen molar-refractivity contribution in [3.8, 4) is 0 Å². The fraction of sp³-hybridized carbons (Fsp3) is 0.364. The van der Waals surface area contributed by atoms with Crippen LogP contribution in [-0.2, 0) is 22.4 Å². The van der Waals surface area contributed by atoms with Crippen molar-refractivity contribution in [2.45, 2.75) is 42.7 Å². The molecule has 1 aliphatic rings. The van der Waals surface area contributed by atoms with Gasteiger partial charge in [-0.3, -0.25) is 4.79 Å². The first-order valence-electron chi connectivity index (χ1n) is 10.2. The molecular weight excluding hydrogens is 450 g/mol. The SMILES string of the molecule is CCOC(=O)c1c(NC(=O)[C@@H](Sc2nncs2)c2ccccc2)sc2c1CC[C@H](C)C2. The van der Waals surface area contributed by atoms with Crippen LogP contribution in [0, 0.1) is 5.92 Å². The Hall–Kier alpha value is -2.23. The van der Waals surface area contributed by atoms with Crippen LogP contribution in [0.1, 0.15) is 51.9 Å². The smallest absolute Gasteiger partial charge is 0.341 e. The van der Waals surface area contributed by atoms with E-state index in [1.54, 1.807) is 12.4 Å². The lowest BCUT2D eigenvalue weighted by Gasteiger charge is -2.18. The van der Waals surface area contributed by atoms with Crippen LogP contribution in [0.15, 0.2) is 40.2 Å². The molecule has 1 aliphatic carbocycles. The molecule has 162 valence electrons. The highest BCUT2D eigenvalue weighted by molar-refractivity contribution is 8.01. The largest absolute Gasteiger partial charge is 0.462 e. The van der Waals surface area contributed by atoms with Gasteiger partial charge in [0, 0.05) is 4.88 Å². The van der Waals surface area contributed by atoms with Crippen molar-refractivity contribution in [3.63, 3.8) is 0 Å². The Morgan fingerprint density at radius 2 is 2.13 bits per heavy atom. The second-order valence-corrected chi connectivity index (χ2v) is 10.7. The van der Waals surface area contributed by atoms with E-state index in [1.165, 1.54) is 39.3 Å². The highest BCUT2D eigenvalue weighted by atomic mass is 32.2. The lowest BCUT2D eigenvalue weighted by atomic mass is 9.88. The topological polar surface area (TPSA) is 81.2 Å². The number of fused-ring (bicyclic) bond motifs is 1. The molecular formula is C22H23N3O3S3. The number of amides is 1. The van der Waals surface area contributed by atoms with Crippen molar-refractivity contribution in [3.05, 3.63) is 57.4 Å². The lowest BCUT2D eigenvalue weighted by Crippen LogP contribution is -2.20. The molecule has 0 unspecified atom stereocenters. The van der Waals surface area contributed by atoms with E-state index in [2.05, 4.69) is 22.4 Å². The number of anilines is 1. The molecule has 2 aromatic heterocycles. The first-order valence-corrected chi connectivity index (χ1v) is 12.7. The Morgan fingerprint density at radius 3 is 2.84 bits per heavy atom. The van der Waals surface area contributed by atoms with Gasteiger partial charge in [-0.15, -0.1) is 21.5 Å². The van der Waals surface area contributed by atoms with Crippen molar-refractivity contribution in [1.29, 1.82) is 0 Å². The molecule has 31 heavy (non-hydrogen) atoms. The molecule has 0 bridgehead atoms. The summed E-state index contributed by atoms with van der Waals surface area (Å²) in [6, 6.07) is 9.58. The Labute approximate surface area is 193 Å². The average molecular weight is 474 g/mol. The molecule has 0 spiro atoms. The minimum absolute atomic E-state index is 0.191. The summed E-state index contributed by atoms with van der Waals surface area (Å²) in [7, 11) is 0. The lowest BCUT2D eigenvalue weighted by molar-refractivity contribution is -0.115. The third-order valence-corrected chi connectivity index (χ3v) is 8.36. The second-order valence-electron chi connectivity index (χ2n) is 7.38. The van der Waals surface area contributed by atoms with E-state index >= 15 is 0 Å². The van der Waals surface area contributed by atoms with Crippen LogP contribution in [0.25, 0.3) is 0 Å². The van der Waals surface area contributed by atoms with Gasteiger partial charge in [-0.2, -0.15) is 0 Å². The van der Waals surface area contributed by atoms with Gasteiger partial charge in [-0.25, -0.2) is 4.79 Å². The molecule has 2 heterocycles. The molecule has 0 saturated heterocycles. The summed E-state index contributed by atoms with van der Waals surface area (Å²) in [6.07, 6.45) is 2.78. The number of carbonyl (C=O) groups is 2. The van der Waals surface area contributed by atoms with Crippen molar-refractivity contribution < 1.29 is 14.3 Å². The summed E-state index contributed by atoms with van der Waals surface area (Å²) in [5, 5.41) is 11.1. The minimum Gasteiger partial charge on any atom is -0.462 e. The minimum atomic E-state index is -0.512. The molecule has 3 aromatic rings. The fourth-order valence-corrected chi connectivity index (χ4v) is 6.73. The van der Waals surface area contributed by atoms with Gasteiger partial charge < -0.3 is 10.1 Å². The zero-order valence-electron chi connectivity index (χ0n) is 17.3. The van der Waals surface area contributed by atoms with Gasteiger partial charge in [0.2, 0.25) is 5.91 Å². The highest BCUT2D eigenvalue weighted by Crippen LogP contribution is 2.42. The molecule has 0 radical (unpaired) electrons. The number of aromatic nitrogens is 2. The molecule has 1 aromatic carbocycles. The van der Waals surface area contributed by atoms with Gasteiger partial charge in [0.15, 0.2) is 4.34 Å². The summed E-state index contributed by atoms with van der Waals surface area (Å²) < 4.78 is 6.04. The van der Waals surface area contributed by atoms with Crippen LogP contribution in [0.5, 0.6) is 0 Å². The molecule has 1 N–H and O–H groups in total. The van der Waals surface area contributed by atoms with E-state index in [0.717, 1.165) is 30.4 Å². The number of ether oxygens (including phenoxy) is 1. The van der Waals surface area contributed by atoms with Crippen molar-refractivity contribution in [1.82, 2.24) is 10.2 Å². The van der Waals surface area contributed by atoms with Crippen LogP contribution in [0.4, 0.5) is 5.00 Å². The highest BCUT2D eigenvalue weighted by Gasteiger charge is 2.31. The summed E-state index contributed by atoms with van der Waals surface area (Å²) in [6.45, 7) is 4.31. The molecule has 4 rings (SSSR count). The van der Waals surface area contributed by atoms with Gasteiger partial charge in [0.25, 0.3) is 0 Å². The fourth-order valence-electron chi connectivity index (χ4n) is 3.65. The molecule has 0 aliphatic heterocycles. The van der Waals surface area contributed by atoms with Crippen LogP contribution < -0.4 is 5.32 Å². The van der Waals surface area contributed by atoms with Gasteiger partial charge in [-0.05, 0) is 43.2 Å². The van der Waals surface area contributed by atoms with E-state index in [0.29, 0.717) is 27.4 Å². The zero-order valence-corrected chi connectivity index (χ0v) is 19.7. The van der Waals surface area contributed by atoms with E-state index in [1.807, 2.05) is 30.3 Å². The van der Waals surface area contributed by atoms with Crippen molar-refractivity contribution in [2.24, 2.45) is 5.92 Å². The third kappa shape index (κ3) is 4.99. The predicted molar refractivity (Wildman–Crippen MR) is 125 cm³/mol. The summed E-state index contributed by atoms with van der Waals surface area (Å²) >= 11 is 4.25. The maximum absolute atomic E-state index is 13.4. The second kappa shape index (κ2) is 9.93. The van der Waals surface area contributed by atoms with E-state index in [-0.39, 0.29) is 11.9 Å². The van der Waals surface area contributed by atoms with Gasteiger partial charge >= 0.3 is 5.97 Å². The van der Waals surface area contributed by atoms with Crippen LogP contribution in [0.2, 0.25) is 0 Å². The van der Waals surface area contributed by atoms with Crippen LogP contribution in [0.3, 0.4) is 0 Å². The maximum Gasteiger partial charge on any atom is 0.341 e. The van der Waals surface area contributed by atoms with Crippen LogP contribution >= 0.6 is 34.4 Å². The van der Waals surface area contributed by atoms with Crippen molar-refractivity contribution in [2.75, 3.05) is 11.9 Å². The number of nitrogens with one attached hydrogen (secondary N) is 1. The monoisotopic (exact) mass is 473 g/mol. The third-order valence-electron chi connectivity index (χ3n) is 5.13. The van der Waals surface area contributed by atoms with E-state index < -0.39 is 5.25 Å². The normalized spacial score (nSPS) is 16.4. The Bertz CT molecular complexity index is 1050. The molecule has 2 atom stereocenters.